The lowest BCUT2D eigenvalue weighted by atomic mass is 9.76. The van der Waals surface area contributed by atoms with Crippen molar-refractivity contribution in [2.45, 2.75) is 72.3 Å². The first-order valence-electron chi connectivity index (χ1n) is 12.9. The zero-order chi connectivity index (χ0) is 24.7. The fourth-order valence-electron chi connectivity index (χ4n) is 5.90. The van der Waals surface area contributed by atoms with E-state index in [1.54, 1.807) is 0 Å². The Morgan fingerprint density at radius 3 is 2.69 bits per heavy atom. The molecule has 1 aliphatic heterocycles. The van der Waals surface area contributed by atoms with Gasteiger partial charge in [0.2, 0.25) is 0 Å². The number of benzene rings is 1. The van der Waals surface area contributed by atoms with Crippen LogP contribution in [0.4, 0.5) is 0 Å². The molecule has 0 saturated carbocycles. The van der Waals surface area contributed by atoms with Crippen LogP contribution in [0, 0.1) is 12.3 Å². The second-order valence-corrected chi connectivity index (χ2v) is 11.1. The minimum Gasteiger partial charge on any atom is -0.480 e. The van der Waals surface area contributed by atoms with Gasteiger partial charge in [-0.05, 0) is 87.6 Å². The van der Waals surface area contributed by atoms with Gasteiger partial charge in [-0.25, -0.2) is 0 Å². The number of carboxylic acid groups (broad SMARTS) is 1. The van der Waals surface area contributed by atoms with Crippen LogP contribution in [0.1, 0.15) is 68.3 Å². The van der Waals surface area contributed by atoms with Gasteiger partial charge in [0.05, 0.1) is 17.9 Å². The van der Waals surface area contributed by atoms with Crippen molar-refractivity contribution < 1.29 is 9.90 Å². The third-order valence-corrected chi connectivity index (χ3v) is 7.94. The van der Waals surface area contributed by atoms with Crippen molar-refractivity contribution in [1.29, 1.82) is 0 Å². The quantitative estimate of drug-likeness (QED) is 0.521. The highest BCUT2D eigenvalue weighted by Gasteiger charge is 2.31. The Bertz CT molecular complexity index is 1230. The number of nitrogens with one attached hydrogen (secondary N) is 1. The largest absolute Gasteiger partial charge is 0.480 e. The van der Waals surface area contributed by atoms with Crippen molar-refractivity contribution in [3.8, 4) is 22.6 Å². The molecule has 7 nitrogen and oxygen atoms in total. The molecule has 1 fully saturated rings. The number of piperidine rings is 1. The summed E-state index contributed by atoms with van der Waals surface area (Å²) in [6.45, 7) is 11.7. The topological polar surface area (TPSA) is 87.0 Å². The molecule has 35 heavy (non-hydrogen) atoms. The third kappa shape index (κ3) is 4.79. The molecule has 3 heterocycles. The molecule has 0 atom stereocenters. The Morgan fingerprint density at radius 2 is 2.00 bits per heavy atom. The van der Waals surface area contributed by atoms with E-state index in [0.29, 0.717) is 11.3 Å². The van der Waals surface area contributed by atoms with Crippen LogP contribution in [0.15, 0.2) is 24.3 Å². The molecule has 1 saturated heterocycles. The number of hydrogen-bond donors (Lipinski definition) is 2. The number of nitrogens with zero attached hydrogens (tertiary/aromatic N) is 4. The molecule has 0 amide bonds. The van der Waals surface area contributed by atoms with Crippen LogP contribution in [0.3, 0.4) is 0 Å². The zero-order valence-electron chi connectivity index (χ0n) is 21.4. The van der Waals surface area contributed by atoms with E-state index in [-0.39, 0.29) is 6.54 Å². The lowest BCUT2D eigenvalue weighted by Crippen LogP contribution is -2.36. The highest BCUT2D eigenvalue weighted by Crippen LogP contribution is 2.39. The van der Waals surface area contributed by atoms with E-state index < -0.39 is 5.97 Å². The third-order valence-electron chi connectivity index (χ3n) is 7.94. The Morgan fingerprint density at radius 1 is 1.23 bits per heavy atom. The summed E-state index contributed by atoms with van der Waals surface area (Å²) in [5, 5.41) is 22.0. The van der Waals surface area contributed by atoms with Gasteiger partial charge < -0.3 is 5.11 Å². The van der Waals surface area contributed by atoms with Crippen LogP contribution in [0.2, 0.25) is 0 Å². The number of rotatable bonds is 6. The monoisotopic (exact) mass is 475 g/mol. The number of carboxylic acids is 1. The van der Waals surface area contributed by atoms with Crippen molar-refractivity contribution in [3.63, 3.8) is 0 Å². The Hall–Kier alpha value is -2.93. The van der Waals surface area contributed by atoms with E-state index in [2.05, 4.69) is 66.8 Å². The molecule has 186 valence electrons. The predicted molar refractivity (Wildman–Crippen MR) is 138 cm³/mol. The predicted octanol–water partition coefficient (Wildman–Crippen LogP) is 5.05. The highest BCUT2D eigenvalue weighted by molar-refractivity contribution is 5.71. The SMILES string of the molecule is CCn1nc(-c2cc(-c3ccc(C4CCN(CC(=O)O)CC4)cc3C)n[nH]2)c2c1CC(C)(C)CC2. The molecule has 0 spiro atoms. The summed E-state index contributed by atoms with van der Waals surface area (Å²) in [6.07, 6.45) is 5.31. The first-order chi connectivity index (χ1) is 16.7. The van der Waals surface area contributed by atoms with E-state index in [9.17, 15) is 4.79 Å². The Balaban J connectivity index is 1.35. The number of aryl methyl sites for hydroxylation is 2. The minimum absolute atomic E-state index is 0.143. The maximum absolute atomic E-state index is 11.0. The van der Waals surface area contributed by atoms with Gasteiger partial charge in [-0.1, -0.05) is 32.0 Å². The highest BCUT2D eigenvalue weighted by atomic mass is 16.4. The second-order valence-electron chi connectivity index (χ2n) is 11.1. The molecule has 2 aromatic heterocycles. The van der Waals surface area contributed by atoms with E-state index in [1.807, 2.05) is 4.90 Å². The molecular weight excluding hydrogens is 438 g/mol. The molecule has 7 heteroatoms. The molecule has 0 radical (unpaired) electrons. The van der Waals surface area contributed by atoms with E-state index in [0.717, 1.165) is 68.0 Å². The van der Waals surface area contributed by atoms with Crippen molar-refractivity contribution in [3.05, 3.63) is 46.6 Å². The maximum Gasteiger partial charge on any atom is 0.317 e. The molecular formula is C28H37N5O2. The molecule has 2 N–H and O–H groups in total. The Labute approximate surface area is 207 Å². The molecule has 0 unspecified atom stereocenters. The van der Waals surface area contributed by atoms with E-state index in [4.69, 9.17) is 10.2 Å². The van der Waals surface area contributed by atoms with Gasteiger partial charge in [0, 0.05) is 23.4 Å². The summed E-state index contributed by atoms with van der Waals surface area (Å²) in [4.78, 5) is 13.0. The van der Waals surface area contributed by atoms with Crippen molar-refractivity contribution in [2.75, 3.05) is 19.6 Å². The van der Waals surface area contributed by atoms with E-state index in [1.165, 1.54) is 28.8 Å². The van der Waals surface area contributed by atoms with Gasteiger partial charge in [0.25, 0.3) is 0 Å². The van der Waals surface area contributed by atoms with Crippen LogP contribution >= 0.6 is 0 Å². The second kappa shape index (κ2) is 9.26. The van der Waals surface area contributed by atoms with Gasteiger partial charge in [-0.2, -0.15) is 10.2 Å². The van der Waals surface area contributed by atoms with Crippen LogP contribution in [-0.2, 0) is 24.2 Å². The Kier molecular flexibility index (Phi) is 6.30. The number of hydrogen-bond acceptors (Lipinski definition) is 4. The van der Waals surface area contributed by atoms with Gasteiger partial charge in [0.1, 0.15) is 5.69 Å². The van der Waals surface area contributed by atoms with Crippen LogP contribution in [0.5, 0.6) is 0 Å². The zero-order valence-corrected chi connectivity index (χ0v) is 21.4. The van der Waals surface area contributed by atoms with Crippen molar-refractivity contribution in [1.82, 2.24) is 24.9 Å². The number of aromatic amines is 1. The van der Waals surface area contributed by atoms with Crippen molar-refractivity contribution >= 4 is 5.97 Å². The smallest absolute Gasteiger partial charge is 0.317 e. The van der Waals surface area contributed by atoms with Gasteiger partial charge in [-0.3, -0.25) is 19.5 Å². The summed E-state index contributed by atoms with van der Waals surface area (Å²) < 4.78 is 2.17. The number of likely N-dealkylation sites (tertiary alicyclic amines) is 1. The first-order valence-corrected chi connectivity index (χ1v) is 12.9. The summed E-state index contributed by atoms with van der Waals surface area (Å²) in [5.41, 5.74) is 9.79. The first kappa shape index (κ1) is 23.8. The number of H-pyrrole nitrogens is 1. The molecule has 1 aliphatic carbocycles. The summed E-state index contributed by atoms with van der Waals surface area (Å²) in [5.74, 6) is -0.260. The maximum atomic E-state index is 11.0. The fraction of sp³-hybridized carbons (Fsp3) is 0.536. The lowest BCUT2D eigenvalue weighted by molar-refractivity contribution is -0.138. The minimum atomic E-state index is -0.743. The molecule has 3 aromatic rings. The van der Waals surface area contributed by atoms with Gasteiger partial charge >= 0.3 is 5.97 Å². The van der Waals surface area contributed by atoms with Crippen LogP contribution < -0.4 is 0 Å². The van der Waals surface area contributed by atoms with Crippen LogP contribution in [0.25, 0.3) is 22.6 Å². The molecule has 0 bridgehead atoms. The van der Waals surface area contributed by atoms with Gasteiger partial charge in [0.15, 0.2) is 0 Å². The average molecular weight is 476 g/mol. The number of aliphatic carboxylic acids is 1. The van der Waals surface area contributed by atoms with Crippen molar-refractivity contribution in [2.24, 2.45) is 5.41 Å². The van der Waals surface area contributed by atoms with E-state index >= 15 is 0 Å². The summed E-state index contributed by atoms with van der Waals surface area (Å²) >= 11 is 0. The standard InChI is InChI=1S/C28H37N5O2/c1-5-33-25-16-28(3,4)11-8-22(25)27(31-33)24-15-23(29-30-24)21-7-6-20(14-18(21)2)19-9-12-32(13-10-19)17-26(34)35/h6-7,14-15,19H,5,8-13,16-17H2,1-4H3,(H,29,30)(H,34,35). The molecule has 5 rings (SSSR count). The number of carbonyl (C=O) groups is 1. The molecule has 1 aromatic carbocycles. The summed E-state index contributed by atoms with van der Waals surface area (Å²) in [6, 6.07) is 8.85. The lowest BCUT2D eigenvalue weighted by Gasteiger charge is -2.31. The number of aromatic nitrogens is 4. The van der Waals surface area contributed by atoms with Gasteiger partial charge in [-0.15, -0.1) is 0 Å². The fourth-order valence-corrected chi connectivity index (χ4v) is 5.90. The average Bonchev–Trinajstić information content (AvgIpc) is 3.43. The number of fused-ring (bicyclic) bond motifs is 1. The summed E-state index contributed by atoms with van der Waals surface area (Å²) in [7, 11) is 0. The molecule has 2 aliphatic rings. The van der Waals surface area contributed by atoms with Crippen LogP contribution in [-0.4, -0.2) is 55.6 Å². The normalized spacial score (nSPS) is 18.5.